The number of anilines is 1. The predicted molar refractivity (Wildman–Crippen MR) is 202 cm³/mol. The van der Waals surface area contributed by atoms with E-state index in [1.54, 1.807) is 6.08 Å². The molecule has 0 spiro atoms. The molecule has 6 aromatic carbocycles. The van der Waals surface area contributed by atoms with Gasteiger partial charge in [-0.25, -0.2) is 4.98 Å². The van der Waals surface area contributed by atoms with Gasteiger partial charge in [-0.2, -0.15) is 0 Å². The molecular weight excluding hydrogens is 633 g/mol. The zero-order valence-electron chi connectivity index (χ0n) is 25.7. The van der Waals surface area contributed by atoms with Gasteiger partial charge in [-0.05, 0) is 71.1 Å². The molecule has 4 N–H and O–H groups in total. The van der Waals surface area contributed by atoms with Gasteiger partial charge in [-0.15, -0.1) is 0 Å². The monoisotopic (exact) mass is 661 g/mol. The number of halogens is 2. The SMILES string of the molecule is C=C/C(=N\C(N)(c1cccc(Cl)c1)c1ccccc1-c1cc2c(cc1N)c1ccccc1c1nc3ccccc3n21)c1cccc(Cl)c1. The summed E-state index contributed by atoms with van der Waals surface area (Å²) in [5, 5.41) is 4.30. The second kappa shape index (κ2) is 11.7. The molecule has 0 aliphatic rings. The molecular formula is C41H29Cl2N5. The van der Waals surface area contributed by atoms with Gasteiger partial charge in [0.15, 0.2) is 5.66 Å². The summed E-state index contributed by atoms with van der Waals surface area (Å²) in [4.78, 5) is 10.3. The first kappa shape index (κ1) is 29.9. The third kappa shape index (κ3) is 4.83. The number of imidazole rings is 1. The number of fused-ring (bicyclic) bond motifs is 8. The van der Waals surface area contributed by atoms with Crippen LogP contribution in [0.25, 0.3) is 49.5 Å². The second-order valence-electron chi connectivity index (χ2n) is 11.8. The van der Waals surface area contributed by atoms with Crippen LogP contribution in [-0.4, -0.2) is 15.1 Å². The summed E-state index contributed by atoms with van der Waals surface area (Å²) in [7, 11) is 0. The molecule has 0 bridgehead atoms. The lowest BCUT2D eigenvalue weighted by molar-refractivity contribution is 0.574. The van der Waals surface area contributed by atoms with Crippen LogP contribution in [0.2, 0.25) is 10.0 Å². The maximum atomic E-state index is 7.50. The molecule has 0 saturated carbocycles. The van der Waals surface area contributed by atoms with Crippen LogP contribution in [0.4, 0.5) is 5.69 Å². The Morgan fingerprint density at radius 1 is 0.708 bits per heavy atom. The summed E-state index contributed by atoms with van der Waals surface area (Å²) in [6, 6.07) is 43.6. The zero-order valence-corrected chi connectivity index (χ0v) is 27.3. The molecule has 0 fully saturated rings. The van der Waals surface area contributed by atoms with Crippen molar-refractivity contribution in [2.75, 3.05) is 5.73 Å². The Labute approximate surface area is 287 Å². The number of aliphatic imine (C=N–C) groups is 1. The summed E-state index contributed by atoms with van der Waals surface area (Å²) in [6.07, 6.45) is 1.69. The van der Waals surface area contributed by atoms with Crippen LogP contribution < -0.4 is 11.5 Å². The van der Waals surface area contributed by atoms with Gasteiger partial charge < -0.3 is 5.73 Å². The van der Waals surface area contributed by atoms with Gasteiger partial charge in [0.2, 0.25) is 0 Å². The molecule has 5 nitrogen and oxygen atoms in total. The van der Waals surface area contributed by atoms with Crippen molar-refractivity contribution in [2.24, 2.45) is 10.7 Å². The number of nitrogens with two attached hydrogens (primary N) is 2. The Hall–Kier alpha value is -5.46. The third-order valence-corrected chi connectivity index (χ3v) is 9.40. The quantitative estimate of drug-likeness (QED) is 0.106. The van der Waals surface area contributed by atoms with Crippen molar-refractivity contribution in [3.8, 4) is 11.1 Å². The van der Waals surface area contributed by atoms with E-state index in [1.807, 2.05) is 103 Å². The third-order valence-electron chi connectivity index (χ3n) is 8.93. The number of aromatic nitrogens is 2. The number of nitrogens with zero attached hydrogens (tertiary/aromatic N) is 3. The highest BCUT2D eigenvalue weighted by Crippen LogP contribution is 2.42. The highest BCUT2D eigenvalue weighted by Gasteiger charge is 2.33. The average Bonchev–Trinajstić information content (AvgIpc) is 3.51. The number of hydrogen-bond donors (Lipinski definition) is 2. The fraction of sp³-hybridized carbons (Fsp3) is 0.0244. The number of benzene rings is 6. The molecule has 1 atom stereocenters. The summed E-state index contributed by atoms with van der Waals surface area (Å²) >= 11 is 13.0. The lowest BCUT2D eigenvalue weighted by atomic mass is 9.85. The first-order chi connectivity index (χ1) is 23.4. The lowest BCUT2D eigenvalue weighted by Gasteiger charge is -2.30. The Balaban J connectivity index is 1.45. The van der Waals surface area contributed by atoms with E-state index in [2.05, 4.69) is 41.3 Å². The standard InChI is InChI=1S/C41H29Cl2N5/c1-2-36(25-11-9-13-27(42)21-25)47-41(45,26-12-10-14-28(43)22-26)34-18-6-5-16-30(34)32-24-39-33(23-35(32)44)29-15-3-4-17-31(29)40-46-37-19-7-8-20-38(37)48(39)40/h2-24H,1,44-45H2/b47-36+. The molecule has 0 amide bonds. The largest absolute Gasteiger partial charge is 0.398 e. The normalized spacial score (nSPS) is 13.4. The topological polar surface area (TPSA) is 81.7 Å². The molecule has 2 aromatic heterocycles. The summed E-state index contributed by atoms with van der Waals surface area (Å²) < 4.78 is 2.22. The van der Waals surface area contributed by atoms with E-state index in [9.17, 15) is 0 Å². The number of para-hydroxylation sites is 2. The van der Waals surface area contributed by atoms with Gasteiger partial charge in [-0.3, -0.25) is 15.1 Å². The number of nitrogen functional groups attached to an aromatic ring is 1. The minimum atomic E-state index is -1.39. The molecule has 232 valence electrons. The van der Waals surface area contributed by atoms with Crippen LogP contribution in [0, 0.1) is 0 Å². The van der Waals surface area contributed by atoms with Gasteiger partial charge >= 0.3 is 0 Å². The van der Waals surface area contributed by atoms with E-state index >= 15 is 0 Å². The molecule has 0 radical (unpaired) electrons. The van der Waals surface area contributed by atoms with E-state index in [-0.39, 0.29) is 0 Å². The summed E-state index contributed by atoms with van der Waals surface area (Å²) in [5.74, 6) is 0. The van der Waals surface area contributed by atoms with E-state index < -0.39 is 5.66 Å². The van der Waals surface area contributed by atoms with Crippen LogP contribution in [0.15, 0.2) is 151 Å². The van der Waals surface area contributed by atoms with Crippen LogP contribution >= 0.6 is 23.2 Å². The molecule has 2 heterocycles. The fourth-order valence-electron chi connectivity index (χ4n) is 6.72. The lowest BCUT2D eigenvalue weighted by Crippen LogP contribution is -2.37. The van der Waals surface area contributed by atoms with E-state index in [4.69, 9.17) is 44.6 Å². The molecule has 0 aliphatic carbocycles. The van der Waals surface area contributed by atoms with Gasteiger partial charge in [0, 0.05) is 43.2 Å². The number of rotatable bonds is 6. The fourth-order valence-corrected chi connectivity index (χ4v) is 7.11. The average molecular weight is 663 g/mol. The highest BCUT2D eigenvalue weighted by molar-refractivity contribution is 6.31. The molecule has 8 rings (SSSR count). The van der Waals surface area contributed by atoms with Crippen molar-refractivity contribution in [2.45, 2.75) is 5.66 Å². The Bertz CT molecular complexity index is 2600. The smallest absolute Gasteiger partial charge is 0.161 e. The van der Waals surface area contributed by atoms with E-state index in [1.165, 1.54) is 0 Å². The minimum Gasteiger partial charge on any atom is -0.398 e. The second-order valence-corrected chi connectivity index (χ2v) is 12.7. The number of pyridine rings is 1. The summed E-state index contributed by atoms with van der Waals surface area (Å²) in [6.45, 7) is 4.07. The van der Waals surface area contributed by atoms with Gasteiger partial charge in [0.1, 0.15) is 5.65 Å². The molecule has 7 heteroatoms. The summed E-state index contributed by atoms with van der Waals surface area (Å²) in [5.41, 5.74) is 22.0. The molecule has 48 heavy (non-hydrogen) atoms. The van der Waals surface area contributed by atoms with Crippen molar-refractivity contribution in [3.05, 3.63) is 173 Å². The molecule has 8 aromatic rings. The van der Waals surface area contributed by atoms with Crippen molar-refractivity contribution in [1.29, 1.82) is 0 Å². The van der Waals surface area contributed by atoms with Crippen molar-refractivity contribution in [1.82, 2.24) is 9.38 Å². The highest BCUT2D eigenvalue weighted by atomic mass is 35.5. The van der Waals surface area contributed by atoms with Gasteiger partial charge in [-0.1, -0.05) is 115 Å². The predicted octanol–water partition coefficient (Wildman–Crippen LogP) is 10.2. The molecule has 1 unspecified atom stereocenters. The van der Waals surface area contributed by atoms with Crippen molar-refractivity contribution in [3.63, 3.8) is 0 Å². The van der Waals surface area contributed by atoms with Gasteiger partial charge in [0.05, 0.1) is 22.3 Å². The first-order valence-corrected chi connectivity index (χ1v) is 16.3. The Kier molecular flexibility index (Phi) is 7.26. The maximum absolute atomic E-state index is 7.50. The Morgan fingerprint density at radius 2 is 1.42 bits per heavy atom. The molecule has 0 saturated heterocycles. The van der Waals surface area contributed by atoms with E-state index in [0.29, 0.717) is 27.0 Å². The maximum Gasteiger partial charge on any atom is 0.161 e. The van der Waals surface area contributed by atoms with E-state index in [0.717, 1.165) is 60.6 Å². The van der Waals surface area contributed by atoms with Gasteiger partial charge in [0.25, 0.3) is 0 Å². The van der Waals surface area contributed by atoms with Crippen LogP contribution in [0.5, 0.6) is 0 Å². The molecule has 0 aliphatic heterocycles. The zero-order chi connectivity index (χ0) is 33.0. The van der Waals surface area contributed by atoms with Crippen molar-refractivity contribution >= 4 is 73.0 Å². The number of hydrogen-bond acceptors (Lipinski definition) is 4. The van der Waals surface area contributed by atoms with Crippen LogP contribution in [0.3, 0.4) is 0 Å². The number of allylic oxidation sites excluding steroid dienone is 1. The first-order valence-electron chi connectivity index (χ1n) is 15.5. The minimum absolute atomic E-state index is 0.546. The Morgan fingerprint density at radius 3 is 2.21 bits per heavy atom. The van der Waals surface area contributed by atoms with Crippen LogP contribution in [0.1, 0.15) is 16.7 Å². The van der Waals surface area contributed by atoms with Crippen molar-refractivity contribution < 1.29 is 0 Å². The van der Waals surface area contributed by atoms with Crippen LogP contribution in [-0.2, 0) is 5.66 Å².